The van der Waals surface area contributed by atoms with Gasteiger partial charge in [-0.1, -0.05) is 24.3 Å². The highest BCUT2D eigenvalue weighted by Gasteiger charge is 2.35. The second-order valence-corrected chi connectivity index (χ2v) is 9.88. The number of imidazole rings is 1. The maximum Gasteiger partial charge on any atom is 0.434 e. The van der Waals surface area contributed by atoms with Gasteiger partial charge < -0.3 is 9.47 Å². The number of halogens is 3. The van der Waals surface area contributed by atoms with E-state index in [9.17, 15) is 18.0 Å². The number of benzene rings is 1. The van der Waals surface area contributed by atoms with Crippen LogP contribution in [0.25, 0.3) is 22.8 Å². The molecular formula is C28H26F3N7O. The molecule has 39 heavy (non-hydrogen) atoms. The first-order valence-corrected chi connectivity index (χ1v) is 12.8. The number of amides is 1. The van der Waals surface area contributed by atoms with Gasteiger partial charge >= 0.3 is 6.18 Å². The number of nitrogens with zero attached hydrogens (tertiary/aromatic N) is 7. The van der Waals surface area contributed by atoms with Crippen molar-refractivity contribution in [2.24, 2.45) is 7.05 Å². The van der Waals surface area contributed by atoms with Crippen molar-refractivity contribution in [2.75, 3.05) is 22.9 Å². The zero-order valence-corrected chi connectivity index (χ0v) is 21.3. The minimum Gasteiger partial charge on any atom is -0.356 e. The lowest BCUT2D eigenvalue weighted by Gasteiger charge is -2.29. The molecule has 2 aliphatic heterocycles. The number of hydrogen-bond donors (Lipinski definition) is 0. The van der Waals surface area contributed by atoms with E-state index < -0.39 is 11.9 Å². The van der Waals surface area contributed by atoms with Crippen LogP contribution in [-0.2, 0) is 31.0 Å². The van der Waals surface area contributed by atoms with E-state index in [0.717, 1.165) is 54.6 Å². The maximum absolute atomic E-state index is 13.1. The minimum absolute atomic E-state index is 0.0816. The summed E-state index contributed by atoms with van der Waals surface area (Å²) in [7, 11) is 1.53. The number of aromatic nitrogens is 5. The van der Waals surface area contributed by atoms with Crippen LogP contribution in [0.15, 0.2) is 55.0 Å². The first kappa shape index (κ1) is 25.0. The van der Waals surface area contributed by atoms with Gasteiger partial charge in [0.05, 0.1) is 18.5 Å². The molecule has 1 aromatic carbocycles. The second kappa shape index (κ2) is 9.79. The van der Waals surface area contributed by atoms with Crippen LogP contribution in [0.3, 0.4) is 0 Å². The van der Waals surface area contributed by atoms with Gasteiger partial charge in [0.15, 0.2) is 11.5 Å². The van der Waals surface area contributed by atoms with Gasteiger partial charge in [-0.05, 0) is 37.0 Å². The lowest BCUT2D eigenvalue weighted by molar-refractivity contribution is -0.140. The van der Waals surface area contributed by atoms with E-state index in [2.05, 4.69) is 19.9 Å². The van der Waals surface area contributed by atoms with E-state index in [1.807, 2.05) is 12.1 Å². The molecule has 1 fully saturated rings. The molecule has 0 spiro atoms. The third kappa shape index (κ3) is 4.84. The summed E-state index contributed by atoms with van der Waals surface area (Å²) in [5.41, 5.74) is 2.03. The molecule has 6 rings (SSSR count). The molecule has 11 heteroatoms. The first-order valence-electron chi connectivity index (χ1n) is 12.8. The van der Waals surface area contributed by atoms with Gasteiger partial charge in [-0.2, -0.15) is 13.2 Å². The van der Waals surface area contributed by atoms with Gasteiger partial charge in [-0.15, -0.1) is 0 Å². The summed E-state index contributed by atoms with van der Waals surface area (Å²) in [5.74, 6) is 2.08. The van der Waals surface area contributed by atoms with Crippen LogP contribution in [0.2, 0.25) is 0 Å². The monoisotopic (exact) mass is 533 g/mol. The highest BCUT2D eigenvalue weighted by molar-refractivity contribution is 6.00. The Bertz CT molecular complexity index is 1530. The van der Waals surface area contributed by atoms with E-state index in [-0.39, 0.29) is 24.7 Å². The number of aryl methyl sites for hydroxylation is 1. The molecule has 1 saturated heterocycles. The van der Waals surface area contributed by atoms with Gasteiger partial charge in [0.2, 0.25) is 5.91 Å². The number of carbonyl (C=O) groups excluding carboxylic acids is 1. The van der Waals surface area contributed by atoms with Crippen molar-refractivity contribution in [2.45, 2.75) is 38.4 Å². The van der Waals surface area contributed by atoms with Gasteiger partial charge in [-0.25, -0.2) is 19.9 Å². The van der Waals surface area contributed by atoms with Crippen LogP contribution in [0.5, 0.6) is 0 Å². The van der Waals surface area contributed by atoms with E-state index in [1.165, 1.54) is 18.0 Å². The molecule has 0 radical (unpaired) electrons. The molecule has 0 aliphatic carbocycles. The summed E-state index contributed by atoms with van der Waals surface area (Å²) in [6, 6.07) is 10.8. The zero-order chi connectivity index (χ0) is 27.1. The fourth-order valence-electron chi connectivity index (χ4n) is 5.17. The lowest BCUT2D eigenvalue weighted by atomic mass is 10.1. The van der Waals surface area contributed by atoms with Crippen molar-refractivity contribution in [3.8, 4) is 22.8 Å². The number of piperidine rings is 1. The first-order chi connectivity index (χ1) is 18.8. The maximum atomic E-state index is 13.1. The Hall–Kier alpha value is -4.28. The number of rotatable bonds is 5. The van der Waals surface area contributed by atoms with Gasteiger partial charge in [0, 0.05) is 49.9 Å². The Labute approximate surface area is 223 Å². The smallest absolute Gasteiger partial charge is 0.356 e. The molecule has 5 heterocycles. The van der Waals surface area contributed by atoms with Crippen molar-refractivity contribution in [3.05, 3.63) is 71.8 Å². The highest BCUT2D eigenvalue weighted by Crippen LogP contribution is 2.34. The van der Waals surface area contributed by atoms with Crippen LogP contribution in [0.4, 0.5) is 24.8 Å². The SMILES string of the molecule is Cn1cc(C(F)(F)F)nc1-c1ccc(CN2C(=O)Cc3cnc(-c4cccnc4N4CCCCC4)nc32)cc1. The largest absolute Gasteiger partial charge is 0.434 e. The predicted molar refractivity (Wildman–Crippen MR) is 140 cm³/mol. The predicted octanol–water partition coefficient (Wildman–Crippen LogP) is 5.04. The molecule has 0 saturated carbocycles. The van der Waals surface area contributed by atoms with Crippen molar-refractivity contribution in [3.63, 3.8) is 0 Å². The molecule has 0 atom stereocenters. The average Bonchev–Trinajstić information content (AvgIpc) is 3.49. The summed E-state index contributed by atoms with van der Waals surface area (Å²) in [6.45, 7) is 2.15. The van der Waals surface area contributed by atoms with E-state index >= 15 is 0 Å². The summed E-state index contributed by atoms with van der Waals surface area (Å²) in [4.78, 5) is 34.6. The van der Waals surface area contributed by atoms with Crippen LogP contribution >= 0.6 is 0 Å². The number of hydrogen-bond acceptors (Lipinski definition) is 6. The molecule has 1 amide bonds. The van der Waals surface area contributed by atoms with Gasteiger partial charge in [0.1, 0.15) is 17.5 Å². The fourth-order valence-corrected chi connectivity index (χ4v) is 5.17. The van der Waals surface area contributed by atoms with Crippen molar-refractivity contribution in [1.29, 1.82) is 0 Å². The average molecular weight is 534 g/mol. The van der Waals surface area contributed by atoms with Crippen LogP contribution in [-0.4, -0.2) is 43.5 Å². The molecule has 4 aromatic rings. The number of anilines is 2. The van der Waals surface area contributed by atoms with E-state index in [0.29, 0.717) is 17.2 Å². The Morgan fingerprint density at radius 2 is 1.72 bits per heavy atom. The number of pyridine rings is 1. The zero-order valence-electron chi connectivity index (χ0n) is 21.3. The highest BCUT2D eigenvalue weighted by atomic mass is 19.4. The standard InChI is InChI=1S/C28H26F3N7O/c1-36-17-22(28(29,30)31)34-25(36)19-9-7-18(8-10-19)16-38-23(39)14-20-15-33-24(35-26(20)38)21-6-5-11-32-27(21)37-12-3-2-4-13-37/h5-11,15,17H,2-4,12-14,16H2,1H3. The van der Waals surface area contributed by atoms with Crippen molar-refractivity contribution >= 4 is 17.5 Å². The molecular weight excluding hydrogens is 507 g/mol. The Balaban J connectivity index is 1.26. The van der Waals surface area contributed by atoms with Crippen molar-refractivity contribution < 1.29 is 18.0 Å². The summed E-state index contributed by atoms with van der Waals surface area (Å²) in [6.07, 6.45) is 3.61. The molecule has 8 nitrogen and oxygen atoms in total. The third-order valence-electron chi connectivity index (χ3n) is 7.14. The molecule has 2 aliphatic rings. The summed E-state index contributed by atoms with van der Waals surface area (Å²) >= 11 is 0. The Kier molecular flexibility index (Phi) is 6.28. The quantitative estimate of drug-likeness (QED) is 0.358. The van der Waals surface area contributed by atoms with Gasteiger partial charge in [0.25, 0.3) is 0 Å². The number of fused-ring (bicyclic) bond motifs is 1. The molecule has 0 bridgehead atoms. The summed E-state index contributed by atoms with van der Waals surface area (Å²) in [5, 5.41) is 0. The second-order valence-electron chi connectivity index (χ2n) is 9.88. The summed E-state index contributed by atoms with van der Waals surface area (Å²) < 4.78 is 40.6. The molecule has 0 unspecified atom stereocenters. The Morgan fingerprint density at radius 1 is 0.949 bits per heavy atom. The van der Waals surface area contributed by atoms with Crippen LogP contribution < -0.4 is 9.80 Å². The third-order valence-corrected chi connectivity index (χ3v) is 7.14. The lowest BCUT2D eigenvalue weighted by Crippen LogP contribution is -2.30. The fraction of sp³-hybridized carbons (Fsp3) is 0.321. The van der Waals surface area contributed by atoms with Crippen molar-refractivity contribution in [1.82, 2.24) is 24.5 Å². The normalized spacial score (nSPS) is 15.6. The van der Waals surface area contributed by atoms with E-state index in [4.69, 9.17) is 4.98 Å². The van der Waals surface area contributed by atoms with Crippen LogP contribution in [0, 0.1) is 0 Å². The molecule has 3 aromatic heterocycles. The Morgan fingerprint density at radius 3 is 2.44 bits per heavy atom. The van der Waals surface area contributed by atoms with Crippen LogP contribution in [0.1, 0.15) is 36.1 Å². The topological polar surface area (TPSA) is 80.0 Å². The van der Waals surface area contributed by atoms with Gasteiger partial charge in [-0.3, -0.25) is 9.69 Å². The molecule has 200 valence electrons. The number of alkyl halides is 3. The minimum atomic E-state index is -4.51. The van der Waals surface area contributed by atoms with E-state index in [1.54, 1.807) is 41.6 Å². The molecule has 0 N–H and O–H groups in total. The number of carbonyl (C=O) groups is 1.